The standard InChI is InChI=1S/C13H24N4O3/c1-3-8(4-2)20-10-6-7(12(18)19)5-9(11(10)14)17-13(15)16/h6,8-11H,3-5,14H2,1-2H3,(H,18,19)(H4,15,16,17)/t9-,10+,11+/m0/s1. The molecule has 7 N–H and O–H groups in total. The van der Waals surface area contributed by atoms with Crippen LogP contribution in [0.3, 0.4) is 0 Å². The maximum Gasteiger partial charge on any atom is 0.331 e. The lowest BCUT2D eigenvalue weighted by molar-refractivity contribution is -0.133. The minimum absolute atomic E-state index is 0.0373. The molecule has 0 heterocycles. The molecule has 3 atom stereocenters. The number of guanidine groups is 1. The SMILES string of the molecule is CCC(CC)O[C@@H]1C=C(C(=O)O)C[C@H](N=C(N)N)[C@H]1N. The maximum absolute atomic E-state index is 11.2. The number of nitrogens with two attached hydrogens (primary N) is 3. The Morgan fingerprint density at radius 1 is 1.50 bits per heavy atom. The van der Waals surface area contributed by atoms with E-state index in [9.17, 15) is 4.79 Å². The zero-order valence-electron chi connectivity index (χ0n) is 12.0. The molecule has 20 heavy (non-hydrogen) atoms. The highest BCUT2D eigenvalue weighted by molar-refractivity contribution is 5.87. The minimum Gasteiger partial charge on any atom is -0.478 e. The first kappa shape index (κ1) is 16.5. The first-order chi connectivity index (χ1) is 9.38. The quantitative estimate of drug-likeness (QED) is 0.398. The molecule has 0 amide bonds. The van der Waals surface area contributed by atoms with Crippen molar-refractivity contribution in [3.05, 3.63) is 11.6 Å². The van der Waals surface area contributed by atoms with Gasteiger partial charge in [0.15, 0.2) is 5.96 Å². The fourth-order valence-corrected chi connectivity index (χ4v) is 2.27. The first-order valence-electron chi connectivity index (χ1n) is 6.82. The summed E-state index contributed by atoms with van der Waals surface area (Å²) < 4.78 is 5.88. The van der Waals surface area contributed by atoms with E-state index in [1.165, 1.54) is 0 Å². The molecule has 0 saturated heterocycles. The van der Waals surface area contributed by atoms with Crippen molar-refractivity contribution in [1.82, 2.24) is 0 Å². The van der Waals surface area contributed by atoms with Crippen LogP contribution in [0.15, 0.2) is 16.6 Å². The Balaban J connectivity index is 2.97. The number of carboxylic acid groups (broad SMARTS) is 1. The van der Waals surface area contributed by atoms with E-state index in [2.05, 4.69) is 4.99 Å². The van der Waals surface area contributed by atoms with Crippen molar-refractivity contribution in [1.29, 1.82) is 0 Å². The van der Waals surface area contributed by atoms with E-state index in [1.54, 1.807) is 6.08 Å². The molecule has 1 aliphatic carbocycles. The number of nitrogens with zero attached hydrogens (tertiary/aromatic N) is 1. The van der Waals surface area contributed by atoms with E-state index in [0.717, 1.165) is 12.8 Å². The third kappa shape index (κ3) is 4.21. The van der Waals surface area contributed by atoms with Crippen molar-refractivity contribution in [2.24, 2.45) is 22.2 Å². The molecule has 0 fully saturated rings. The van der Waals surface area contributed by atoms with Crippen LogP contribution in [-0.2, 0) is 9.53 Å². The number of carbonyl (C=O) groups is 1. The van der Waals surface area contributed by atoms with Crippen molar-refractivity contribution in [2.75, 3.05) is 0 Å². The Hall–Kier alpha value is -1.60. The van der Waals surface area contributed by atoms with E-state index in [1.807, 2.05) is 13.8 Å². The minimum atomic E-state index is -0.995. The number of carboxylic acids is 1. The van der Waals surface area contributed by atoms with Gasteiger partial charge in [-0.2, -0.15) is 0 Å². The van der Waals surface area contributed by atoms with Crippen LogP contribution >= 0.6 is 0 Å². The summed E-state index contributed by atoms with van der Waals surface area (Å²) in [4.78, 5) is 15.2. The lowest BCUT2D eigenvalue weighted by Gasteiger charge is -2.33. The van der Waals surface area contributed by atoms with E-state index in [0.29, 0.717) is 0 Å². The molecule has 0 aromatic rings. The molecule has 0 unspecified atom stereocenters. The highest BCUT2D eigenvalue weighted by Crippen LogP contribution is 2.24. The predicted octanol–water partition coefficient (Wildman–Crippen LogP) is -0.0558. The smallest absolute Gasteiger partial charge is 0.331 e. The van der Waals surface area contributed by atoms with E-state index in [-0.39, 0.29) is 24.1 Å². The number of aliphatic imine (C=N–C) groups is 1. The Labute approximate surface area is 118 Å². The summed E-state index contributed by atoms with van der Waals surface area (Å²) >= 11 is 0. The summed E-state index contributed by atoms with van der Waals surface area (Å²) in [5, 5.41) is 9.17. The molecular formula is C13H24N4O3. The second-order valence-electron chi connectivity index (χ2n) is 4.94. The zero-order chi connectivity index (χ0) is 15.3. The molecule has 1 aliphatic rings. The molecule has 0 radical (unpaired) electrons. The lowest BCUT2D eigenvalue weighted by atomic mass is 9.88. The van der Waals surface area contributed by atoms with Crippen molar-refractivity contribution >= 4 is 11.9 Å². The third-order valence-corrected chi connectivity index (χ3v) is 3.47. The summed E-state index contributed by atoms with van der Waals surface area (Å²) in [6, 6.07) is -0.934. The van der Waals surface area contributed by atoms with Gasteiger partial charge in [0.2, 0.25) is 0 Å². The molecule has 0 saturated carbocycles. The fourth-order valence-electron chi connectivity index (χ4n) is 2.27. The third-order valence-electron chi connectivity index (χ3n) is 3.47. The molecule has 7 nitrogen and oxygen atoms in total. The summed E-state index contributed by atoms with van der Waals surface area (Å²) in [6.45, 7) is 4.02. The molecule has 0 aromatic carbocycles. The number of hydrogen-bond acceptors (Lipinski definition) is 4. The largest absolute Gasteiger partial charge is 0.478 e. The number of aliphatic carboxylic acids is 1. The van der Waals surface area contributed by atoms with Crippen molar-refractivity contribution < 1.29 is 14.6 Å². The first-order valence-corrected chi connectivity index (χ1v) is 6.82. The number of ether oxygens (including phenoxy) is 1. The van der Waals surface area contributed by atoms with Crippen LogP contribution in [0.2, 0.25) is 0 Å². The average molecular weight is 284 g/mol. The Kier molecular flexibility index (Phi) is 5.97. The summed E-state index contributed by atoms with van der Waals surface area (Å²) in [5.74, 6) is -1.09. The van der Waals surface area contributed by atoms with Crippen molar-refractivity contribution in [3.63, 3.8) is 0 Å². The van der Waals surface area contributed by atoms with Gasteiger partial charge < -0.3 is 27.0 Å². The van der Waals surface area contributed by atoms with Crippen LogP contribution in [0.25, 0.3) is 0 Å². The van der Waals surface area contributed by atoms with Crippen LogP contribution in [0.5, 0.6) is 0 Å². The molecule has 0 aromatic heterocycles. The van der Waals surface area contributed by atoms with Gasteiger partial charge in [0.25, 0.3) is 0 Å². The Bertz CT molecular complexity index is 400. The van der Waals surface area contributed by atoms with Crippen molar-refractivity contribution in [2.45, 2.75) is 57.4 Å². The zero-order valence-corrected chi connectivity index (χ0v) is 12.0. The molecule has 1 rings (SSSR count). The van der Waals surface area contributed by atoms with Gasteiger partial charge >= 0.3 is 5.97 Å². The second-order valence-corrected chi connectivity index (χ2v) is 4.94. The topological polar surface area (TPSA) is 137 Å². The highest BCUT2D eigenvalue weighted by Gasteiger charge is 2.34. The van der Waals surface area contributed by atoms with Gasteiger partial charge in [-0.15, -0.1) is 0 Å². The van der Waals surface area contributed by atoms with Crippen LogP contribution in [-0.4, -0.2) is 41.3 Å². The monoisotopic (exact) mass is 284 g/mol. The molecule has 0 spiro atoms. The van der Waals surface area contributed by atoms with Crippen molar-refractivity contribution in [3.8, 4) is 0 Å². The molecule has 0 bridgehead atoms. The summed E-state index contributed by atoms with van der Waals surface area (Å²) in [6.07, 6.45) is 3.00. The number of rotatable bonds is 6. The van der Waals surface area contributed by atoms with E-state index in [4.69, 9.17) is 27.0 Å². The Morgan fingerprint density at radius 3 is 2.55 bits per heavy atom. The van der Waals surface area contributed by atoms with Gasteiger partial charge in [0, 0.05) is 12.0 Å². The van der Waals surface area contributed by atoms with Crippen LogP contribution < -0.4 is 17.2 Å². The molecule has 7 heteroatoms. The van der Waals surface area contributed by atoms with Gasteiger partial charge in [-0.1, -0.05) is 13.8 Å². The van der Waals surface area contributed by atoms with Gasteiger partial charge in [0.1, 0.15) is 0 Å². The van der Waals surface area contributed by atoms with Gasteiger partial charge in [-0.25, -0.2) is 9.79 Å². The Morgan fingerprint density at radius 2 is 2.10 bits per heavy atom. The number of hydrogen-bond donors (Lipinski definition) is 4. The highest BCUT2D eigenvalue weighted by atomic mass is 16.5. The van der Waals surface area contributed by atoms with Gasteiger partial charge in [-0.3, -0.25) is 0 Å². The normalized spacial score (nSPS) is 26.2. The van der Waals surface area contributed by atoms with Crippen LogP contribution in [0.1, 0.15) is 33.1 Å². The molecule has 0 aliphatic heterocycles. The van der Waals surface area contributed by atoms with Gasteiger partial charge in [-0.05, 0) is 18.9 Å². The second kappa shape index (κ2) is 7.25. The summed E-state index contributed by atoms with van der Waals surface area (Å²) in [7, 11) is 0. The summed E-state index contributed by atoms with van der Waals surface area (Å²) in [5.41, 5.74) is 17.1. The lowest BCUT2D eigenvalue weighted by Crippen LogP contribution is -2.50. The van der Waals surface area contributed by atoms with Crippen LogP contribution in [0, 0.1) is 0 Å². The fraction of sp³-hybridized carbons (Fsp3) is 0.692. The molecule has 114 valence electrons. The van der Waals surface area contributed by atoms with Crippen LogP contribution in [0.4, 0.5) is 0 Å². The maximum atomic E-state index is 11.2. The average Bonchev–Trinajstić information content (AvgIpc) is 2.38. The molecular weight excluding hydrogens is 260 g/mol. The van der Waals surface area contributed by atoms with E-state index < -0.39 is 24.2 Å². The van der Waals surface area contributed by atoms with Gasteiger partial charge in [0.05, 0.1) is 24.3 Å². The predicted molar refractivity (Wildman–Crippen MR) is 77.2 cm³/mol. The van der Waals surface area contributed by atoms with E-state index >= 15 is 0 Å².